The number of anilines is 1. The minimum Gasteiger partial charge on any atom is -0.366 e. The van der Waals surface area contributed by atoms with E-state index >= 15 is 0 Å². The first kappa shape index (κ1) is 19.9. The first-order valence-electron chi connectivity index (χ1n) is 7.51. The number of alkyl halides is 3. The summed E-state index contributed by atoms with van der Waals surface area (Å²) >= 11 is 6.03. The van der Waals surface area contributed by atoms with Crippen molar-refractivity contribution in [3.05, 3.63) is 35.1 Å². The van der Waals surface area contributed by atoms with Gasteiger partial charge in [0, 0.05) is 42.7 Å². The predicted octanol–water partition coefficient (Wildman–Crippen LogP) is 4.19. The molecule has 0 saturated carbocycles. The Hall–Kier alpha value is -1.41. The summed E-state index contributed by atoms with van der Waals surface area (Å²) in [6.45, 7) is 3.15. The maximum absolute atomic E-state index is 14.3. The van der Waals surface area contributed by atoms with E-state index in [9.17, 15) is 22.4 Å². The van der Waals surface area contributed by atoms with E-state index in [1.54, 1.807) is 16.7 Å². The number of aryl methyl sites for hydroxylation is 1. The van der Waals surface area contributed by atoms with Gasteiger partial charge in [0.05, 0.1) is 11.4 Å². The molecular weight excluding hydrogens is 380 g/mol. The Morgan fingerprint density at radius 3 is 2.48 bits per heavy atom. The molecule has 1 aliphatic heterocycles. The fourth-order valence-corrected chi connectivity index (χ4v) is 3.44. The monoisotopic (exact) mass is 396 g/mol. The van der Waals surface area contributed by atoms with E-state index in [2.05, 4.69) is 0 Å². The number of halogens is 5. The molecular formula is C16H17ClF4N2OS. The van der Waals surface area contributed by atoms with Gasteiger partial charge in [-0.25, -0.2) is 4.39 Å². The van der Waals surface area contributed by atoms with Gasteiger partial charge in [0.15, 0.2) is 0 Å². The molecule has 1 aliphatic rings. The largest absolute Gasteiger partial charge is 0.398 e. The van der Waals surface area contributed by atoms with Gasteiger partial charge < -0.3 is 9.80 Å². The minimum absolute atomic E-state index is 0.222. The third-order valence-electron chi connectivity index (χ3n) is 3.77. The third-order valence-corrected chi connectivity index (χ3v) is 5.12. The van der Waals surface area contributed by atoms with Gasteiger partial charge in [0.25, 0.3) is 0 Å². The van der Waals surface area contributed by atoms with Crippen LogP contribution in [0.3, 0.4) is 0 Å². The van der Waals surface area contributed by atoms with Crippen LogP contribution in [0.5, 0.6) is 0 Å². The van der Waals surface area contributed by atoms with Crippen LogP contribution < -0.4 is 4.90 Å². The standard InChI is InChI=1S/C16H17ClF4N2OS/c1-11-8-12(18)13(9-14(11)25-10-16(19,20)21)22-4-6-23(7-5-22)15(24)2-3-17/h2-3,8-9H,4-7,10H2,1H3/b3-2+. The third kappa shape index (κ3) is 5.54. The van der Waals surface area contributed by atoms with Crippen molar-refractivity contribution in [3.8, 4) is 0 Å². The van der Waals surface area contributed by atoms with Crippen molar-refractivity contribution in [1.82, 2.24) is 4.90 Å². The molecule has 1 aromatic rings. The molecule has 1 fully saturated rings. The van der Waals surface area contributed by atoms with Gasteiger partial charge in [0.2, 0.25) is 5.91 Å². The molecule has 25 heavy (non-hydrogen) atoms. The van der Waals surface area contributed by atoms with Gasteiger partial charge in [0.1, 0.15) is 5.82 Å². The molecule has 0 unspecified atom stereocenters. The van der Waals surface area contributed by atoms with Crippen LogP contribution in [0.1, 0.15) is 5.56 Å². The van der Waals surface area contributed by atoms with Crippen molar-refractivity contribution < 1.29 is 22.4 Å². The van der Waals surface area contributed by atoms with E-state index in [1.807, 2.05) is 0 Å². The second-order valence-electron chi connectivity index (χ2n) is 5.58. The second-order valence-corrected chi connectivity index (χ2v) is 6.85. The molecule has 1 amide bonds. The number of nitrogens with zero attached hydrogens (tertiary/aromatic N) is 2. The molecule has 1 heterocycles. The summed E-state index contributed by atoms with van der Waals surface area (Å²) < 4.78 is 51.6. The number of carbonyl (C=O) groups is 1. The van der Waals surface area contributed by atoms with Crippen LogP contribution in [-0.4, -0.2) is 48.9 Å². The molecule has 1 aromatic carbocycles. The number of amides is 1. The Kier molecular flexibility index (Phi) is 6.62. The summed E-state index contributed by atoms with van der Waals surface area (Å²) in [6.07, 6.45) is -3.04. The lowest BCUT2D eigenvalue weighted by Gasteiger charge is -2.36. The number of rotatable bonds is 4. The number of thioether (sulfide) groups is 1. The number of hydrogen-bond donors (Lipinski definition) is 0. The van der Waals surface area contributed by atoms with E-state index in [4.69, 9.17) is 11.6 Å². The minimum atomic E-state index is -4.28. The highest BCUT2D eigenvalue weighted by Crippen LogP contribution is 2.34. The van der Waals surface area contributed by atoms with Crippen LogP contribution in [0.4, 0.5) is 23.2 Å². The maximum atomic E-state index is 14.3. The average molecular weight is 397 g/mol. The Morgan fingerprint density at radius 2 is 1.92 bits per heavy atom. The van der Waals surface area contributed by atoms with E-state index in [1.165, 1.54) is 18.2 Å². The van der Waals surface area contributed by atoms with Crippen LogP contribution in [0.25, 0.3) is 0 Å². The summed E-state index contributed by atoms with van der Waals surface area (Å²) in [4.78, 5) is 15.5. The Balaban J connectivity index is 2.10. The van der Waals surface area contributed by atoms with Crippen molar-refractivity contribution in [2.75, 3.05) is 36.8 Å². The fourth-order valence-electron chi connectivity index (χ4n) is 2.53. The molecule has 0 aromatic heterocycles. The molecule has 0 atom stereocenters. The van der Waals surface area contributed by atoms with Crippen LogP contribution >= 0.6 is 23.4 Å². The predicted molar refractivity (Wildman–Crippen MR) is 91.7 cm³/mol. The molecule has 138 valence electrons. The molecule has 0 N–H and O–H groups in total. The highest BCUT2D eigenvalue weighted by Gasteiger charge is 2.28. The van der Waals surface area contributed by atoms with Gasteiger partial charge in [-0.1, -0.05) is 11.6 Å². The van der Waals surface area contributed by atoms with Crippen molar-refractivity contribution >= 4 is 35.0 Å². The highest BCUT2D eigenvalue weighted by molar-refractivity contribution is 7.99. The summed E-state index contributed by atoms with van der Waals surface area (Å²) in [5.41, 5.74) is 1.87. The van der Waals surface area contributed by atoms with Gasteiger partial charge in [-0.05, 0) is 24.6 Å². The lowest BCUT2D eigenvalue weighted by atomic mass is 10.2. The van der Waals surface area contributed by atoms with Crippen molar-refractivity contribution in [2.24, 2.45) is 0 Å². The van der Waals surface area contributed by atoms with E-state index in [-0.39, 0.29) is 11.6 Å². The zero-order valence-electron chi connectivity index (χ0n) is 13.4. The highest BCUT2D eigenvalue weighted by atomic mass is 35.5. The Labute approximate surface area is 152 Å². The van der Waals surface area contributed by atoms with Gasteiger partial charge in [-0.2, -0.15) is 13.2 Å². The molecule has 0 spiro atoms. The normalized spacial score (nSPS) is 15.9. The molecule has 0 aliphatic carbocycles. The summed E-state index contributed by atoms with van der Waals surface area (Å²) in [5, 5.41) is 0. The zero-order chi connectivity index (χ0) is 18.6. The number of benzene rings is 1. The quantitative estimate of drug-likeness (QED) is 0.433. The number of piperazine rings is 1. The molecule has 2 rings (SSSR count). The number of hydrogen-bond acceptors (Lipinski definition) is 3. The average Bonchev–Trinajstić information content (AvgIpc) is 2.53. The lowest BCUT2D eigenvalue weighted by molar-refractivity contribution is -0.126. The summed E-state index contributed by atoms with van der Waals surface area (Å²) in [6, 6.07) is 2.71. The van der Waals surface area contributed by atoms with Gasteiger partial charge in [-0.15, -0.1) is 11.8 Å². The van der Waals surface area contributed by atoms with E-state index in [0.29, 0.717) is 48.4 Å². The van der Waals surface area contributed by atoms with Crippen LogP contribution in [0.15, 0.2) is 28.6 Å². The zero-order valence-corrected chi connectivity index (χ0v) is 15.0. The van der Waals surface area contributed by atoms with E-state index < -0.39 is 17.7 Å². The molecule has 0 bridgehead atoms. The van der Waals surface area contributed by atoms with Crippen molar-refractivity contribution in [3.63, 3.8) is 0 Å². The molecule has 9 heteroatoms. The topological polar surface area (TPSA) is 23.6 Å². The smallest absolute Gasteiger partial charge is 0.366 e. The van der Waals surface area contributed by atoms with Crippen LogP contribution in [0.2, 0.25) is 0 Å². The summed E-state index contributed by atoms with van der Waals surface area (Å²) in [5.74, 6) is -1.72. The maximum Gasteiger partial charge on any atom is 0.398 e. The van der Waals surface area contributed by atoms with Crippen LogP contribution in [0, 0.1) is 12.7 Å². The molecule has 1 saturated heterocycles. The SMILES string of the molecule is Cc1cc(F)c(N2CCN(C(=O)/C=C/Cl)CC2)cc1SCC(F)(F)F. The van der Waals surface area contributed by atoms with Gasteiger partial charge >= 0.3 is 6.18 Å². The molecule has 3 nitrogen and oxygen atoms in total. The summed E-state index contributed by atoms with van der Waals surface area (Å²) in [7, 11) is 0. The fraction of sp³-hybridized carbons (Fsp3) is 0.438. The first-order valence-corrected chi connectivity index (χ1v) is 8.94. The second kappa shape index (κ2) is 8.31. The first-order chi connectivity index (χ1) is 11.7. The van der Waals surface area contributed by atoms with Crippen molar-refractivity contribution in [2.45, 2.75) is 18.0 Å². The Morgan fingerprint density at radius 1 is 1.28 bits per heavy atom. The lowest BCUT2D eigenvalue weighted by Crippen LogP contribution is -2.48. The number of carbonyl (C=O) groups excluding carboxylic acids is 1. The Bertz CT molecular complexity index is 658. The van der Waals surface area contributed by atoms with Crippen molar-refractivity contribution in [1.29, 1.82) is 0 Å². The van der Waals surface area contributed by atoms with Gasteiger partial charge in [-0.3, -0.25) is 4.79 Å². The molecule has 0 radical (unpaired) electrons. The van der Waals surface area contributed by atoms with E-state index in [0.717, 1.165) is 5.54 Å². The van der Waals surface area contributed by atoms with Crippen LogP contribution in [-0.2, 0) is 4.79 Å².